The third-order valence-corrected chi connectivity index (χ3v) is 8.09. The molecule has 1 aliphatic carbocycles. The molecule has 2 bridgehead atoms. The van der Waals surface area contributed by atoms with E-state index in [-0.39, 0.29) is 5.91 Å². The average Bonchev–Trinajstić information content (AvgIpc) is 3.08. The number of amides is 1. The summed E-state index contributed by atoms with van der Waals surface area (Å²) >= 11 is 1.63. The molecule has 1 aromatic heterocycles. The summed E-state index contributed by atoms with van der Waals surface area (Å²) in [5, 5.41) is 4.62. The van der Waals surface area contributed by atoms with E-state index in [0.717, 1.165) is 4.88 Å². The van der Waals surface area contributed by atoms with Gasteiger partial charge in [-0.3, -0.25) is 9.69 Å². The lowest BCUT2D eigenvalue weighted by molar-refractivity contribution is -0.00138. The summed E-state index contributed by atoms with van der Waals surface area (Å²) in [7, 11) is 0. The number of piperidine rings is 3. The summed E-state index contributed by atoms with van der Waals surface area (Å²) in [6.45, 7) is 3.84. The molecule has 4 aliphatic heterocycles. The number of fused-ring (bicyclic) bond motifs is 5. The van der Waals surface area contributed by atoms with Crippen molar-refractivity contribution in [2.45, 2.75) is 50.5 Å². The minimum absolute atomic E-state index is 0.124. The second-order valence-electron chi connectivity index (χ2n) is 8.10. The van der Waals surface area contributed by atoms with E-state index in [0.29, 0.717) is 30.7 Å². The maximum Gasteiger partial charge on any atom is 0.261 e. The zero-order chi connectivity index (χ0) is 16.6. The number of carbonyl (C=O) groups excluding carboxylic acids is 1. The van der Waals surface area contributed by atoms with Crippen LogP contribution in [0.5, 0.6) is 0 Å². The fraction of sp³-hybridized carbons (Fsp3) is 0.550. The monoisotopic (exact) mass is 354 g/mol. The SMILES string of the molecule is O=C(NC1C2CCN(CC2)C12CC2)c1cc2ccc3c(c2s1)COC3. The summed E-state index contributed by atoms with van der Waals surface area (Å²) in [6.07, 6.45) is 4.99. The van der Waals surface area contributed by atoms with Gasteiger partial charge in [-0.25, -0.2) is 0 Å². The van der Waals surface area contributed by atoms with Crippen LogP contribution in [0.15, 0.2) is 18.2 Å². The predicted molar refractivity (Wildman–Crippen MR) is 97.8 cm³/mol. The number of hydrogen-bond donors (Lipinski definition) is 1. The van der Waals surface area contributed by atoms with Gasteiger partial charge in [-0.2, -0.15) is 0 Å². The highest BCUT2D eigenvalue weighted by Gasteiger charge is 2.60. The van der Waals surface area contributed by atoms with E-state index in [1.54, 1.807) is 11.3 Å². The van der Waals surface area contributed by atoms with Crippen LogP contribution in [-0.4, -0.2) is 35.5 Å². The molecule has 5 aliphatic rings. The summed E-state index contributed by atoms with van der Waals surface area (Å²) in [6, 6.07) is 6.69. The Bertz CT molecular complexity index is 877. The largest absolute Gasteiger partial charge is 0.372 e. The van der Waals surface area contributed by atoms with E-state index in [1.807, 2.05) is 0 Å². The van der Waals surface area contributed by atoms with Crippen molar-refractivity contribution in [2.75, 3.05) is 13.1 Å². The molecular formula is C20H22N2O2S. The second-order valence-corrected chi connectivity index (χ2v) is 9.16. The molecule has 5 heterocycles. The lowest BCUT2D eigenvalue weighted by Crippen LogP contribution is -2.65. The van der Waals surface area contributed by atoms with Crippen molar-refractivity contribution < 1.29 is 9.53 Å². The molecule has 0 radical (unpaired) electrons. The first-order chi connectivity index (χ1) is 12.2. The minimum atomic E-state index is 0.124. The number of hydrogen-bond acceptors (Lipinski definition) is 4. The summed E-state index contributed by atoms with van der Waals surface area (Å²) in [5.74, 6) is 0.794. The molecule has 3 saturated heterocycles. The quantitative estimate of drug-likeness (QED) is 0.900. The molecule has 130 valence electrons. The van der Waals surface area contributed by atoms with Gasteiger partial charge in [-0.15, -0.1) is 11.3 Å². The van der Waals surface area contributed by atoms with Gasteiger partial charge in [0, 0.05) is 15.8 Å². The van der Waals surface area contributed by atoms with Crippen LogP contribution in [0.25, 0.3) is 10.1 Å². The van der Waals surface area contributed by atoms with Gasteiger partial charge in [-0.1, -0.05) is 12.1 Å². The minimum Gasteiger partial charge on any atom is -0.372 e. The van der Waals surface area contributed by atoms with Crippen LogP contribution in [-0.2, 0) is 18.0 Å². The van der Waals surface area contributed by atoms with E-state index < -0.39 is 0 Å². The van der Waals surface area contributed by atoms with Crippen LogP contribution in [0.1, 0.15) is 46.5 Å². The summed E-state index contributed by atoms with van der Waals surface area (Å²) in [4.78, 5) is 16.5. The van der Waals surface area contributed by atoms with Crippen molar-refractivity contribution in [2.24, 2.45) is 5.92 Å². The van der Waals surface area contributed by atoms with Gasteiger partial charge >= 0.3 is 0 Å². The molecule has 1 aromatic carbocycles. The Morgan fingerprint density at radius 1 is 1.24 bits per heavy atom. The van der Waals surface area contributed by atoms with E-state index in [9.17, 15) is 4.79 Å². The Kier molecular flexibility index (Phi) is 2.98. The second kappa shape index (κ2) is 5.06. The van der Waals surface area contributed by atoms with E-state index >= 15 is 0 Å². The van der Waals surface area contributed by atoms with Crippen molar-refractivity contribution in [1.82, 2.24) is 10.2 Å². The van der Waals surface area contributed by atoms with Crippen molar-refractivity contribution >= 4 is 27.3 Å². The maximum absolute atomic E-state index is 13.0. The van der Waals surface area contributed by atoms with Gasteiger partial charge in [0.15, 0.2) is 0 Å². The topological polar surface area (TPSA) is 41.6 Å². The number of thiophene rings is 1. The van der Waals surface area contributed by atoms with Crippen molar-refractivity contribution in [3.63, 3.8) is 0 Å². The van der Waals surface area contributed by atoms with E-state index in [1.165, 1.54) is 60.0 Å². The zero-order valence-corrected chi connectivity index (χ0v) is 15.0. The van der Waals surface area contributed by atoms with Gasteiger partial charge in [0.2, 0.25) is 0 Å². The fourth-order valence-electron chi connectivity index (χ4n) is 5.40. The summed E-state index contributed by atoms with van der Waals surface area (Å²) in [5.41, 5.74) is 2.85. The molecule has 4 nitrogen and oxygen atoms in total. The van der Waals surface area contributed by atoms with Gasteiger partial charge in [0.05, 0.1) is 24.1 Å². The summed E-state index contributed by atoms with van der Waals surface area (Å²) < 4.78 is 6.82. The predicted octanol–water partition coefficient (Wildman–Crippen LogP) is 3.29. The Morgan fingerprint density at radius 3 is 2.88 bits per heavy atom. The Hall–Kier alpha value is -1.43. The van der Waals surface area contributed by atoms with E-state index in [2.05, 4.69) is 28.4 Å². The molecule has 1 N–H and O–H groups in total. The highest BCUT2D eigenvalue weighted by atomic mass is 32.1. The van der Waals surface area contributed by atoms with Gasteiger partial charge in [0.25, 0.3) is 5.91 Å². The van der Waals surface area contributed by atoms with Crippen LogP contribution in [0, 0.1) is 5.92 Å². The number of nitrogens with one attached hydrogen (secondary N) is 1. The molecule has 1 saturated carbocycles. The average molecular weight is 354 g/mol. The Labute approximate surface area is 151 Å². The Balaban J connectivity index is 1.31. The molecule has 1 amide bonds. The third kappa shape index (κ3) is 2.03. The van der Waals surface area contributed by atoms with E-state index in [4.69, 9.17) is 4.74 Å². The molecule has 5 heteroatoms. The highest BCUT2D eigenvalue weighted by molar-refractivity contribution is 7.21. The van der Waals surface area contributed by atoms with Crippen LogP contribution in [0.3, 0.4) is 0 Å². The normalized spacial score (nSPS) is 31.4. The van der Waals surface area contributed by atoms with Crippen LogP contribution < -0.4 is 5.32 Å². The lowest BCUT2D eigenvalue weighted by Gasteiger charge is -2.52. The number of ether oxygens (including phenoxy) is 1. The van der Waals surface area contributed by atoms with Gasteiger partial charge < -0.3 is 10.1 Å². The molecule has 1 atom stereocenters. The first kappa shape index (κ1) is 14.7. The Morgan fingerprint density at radius 2 is 2.08 bits per heavy atom. The van der Waals surface area contributed by atoms with Gasteiger partial charge in [0.1, 0.15) is 0 Å². The standard InChI is InChI=1S/C20H22N2O2S/c23-19(21-18-12-3-7-22(8-4-12)20(18)5-6-20)16-9-13-1-2-14-10-24-11-15(14)17(13)25-16/h1-2,9,12,18H,3-8,10-11H2,(H,21,23). The number of carbonyl (C=O) groups is 1. The zero-order valence-electron chi connectivity index (χ0n) is 14.2. The fourth-order valence-corrected chi connectivity index (χ4v) is 6.52. The number of nitrogens with zero attached hydrogens (tertiary/aromatic N) is 1. The first-order valence-electron chi connectivity index (χ1n) is 9.43. The molecule has 25 heavy (non-hydrogen) atoms. The number of rotatable bonds is 2. The van der Waals surface area contributed by atoms with Crippen LogP contribution >= 0.6 is 11.3 Å². The smallest absolute Gasteiger partial charge is 0.261 e. The third-order valence-electron chi connectivity index (χ3n) is 6.88. The van der Waals surface area contributed by atoms with Crippen molar-refractivity contribution in [3.05, 3.63) is 34.2 Å². The first-order valence-corrected chi connectivity index (χ1v) is 10.2. The van der Waals surface area contributed by atoms with Gasteiger partial charge in [-0.05, 0) is 61.7 Å². The van der Waals surface area contributed by atoms with Crippen molar-refractivity contribution in [3.8, 4) is 0 Å². The molecule has 1 spiro atoms. The maximum atomic E-state index is 13.0. The lowest BCUT2D eigenvalue weighted by atomic mass is 9.77. The number of benzene rings is 1. The molecular weight excluding hydrogens is 332 g/mol. The van der Waals surface area contributed by atoms with Crippen LogP contribution in [0.2, 0.25) is 0 Å². The molecule has 2 aromatic rings. The molecule has 7 rings (SSSR count). The molecule has 4 fully saturated rings. The van der Waals surface area contributed by atoms with Crippen LogP contribution in [0.4, 0.5) is 0 Å². The molecule has 1 unspecified atom stereocenters. The highest BCUT2D eigenvalue weighted by Crippen LogP contribution is 2.53. The van der Waals surface area contributed by atoms with Crippen molar-refractivity contribution in [1.29, 1.82) is 0 Å².